The number of carbonyl (C=O) groups is 2. The van der Waals surface area contributed by atoms with Crippen molar-refractivity contribution in [3.05, 3.63) is 48.0 Å². The van der Waals surface area contributed by atoms with Gasteiger partial charge in [-0.1, -0.05) is 38.1 Å². The van der Waals surface area contributed by atoms with E-state index in [9.17, 15) is 35.3 Å². The maximum absolute atomic E-state index is 12.7. The number of benzene rings is 1. The molecule has 3 rings (SSSR count). The quantitative estimate of drug-likeness (QED) is 0.299. The Kier molecular flexibility index (Phi) is 8.53. The van der Waals surface area contributed by atoms with Gasteiger partial charge in [-0.05, 0) is 6.08 Å². The van der Waals surface area contributed by atoms with Crippen molar-refractivity contribution in [2.24, 2.45) is 5.92 Å². The average molecular weight is 466 g/mol. The molecule has 170 valence electrons. The minimum atomic E-state index is -1.87. The fourth-order valence-electron chi connectivity index (χ4n) is 3.64. The first kappa shape index (κ1) is 25.2. The van der Waals surface area contributed by atoms with Crippen LogP contribution in [-0.2, 0) is 14.3 Å². The largest absolute Gasteiger partial charge is 1.00 e. The van der Waals surface area contributed by atoms with Crippen LogP contribution in [0.25, 0.3) is 10.8 Å². The molecule has 10 nitrogen and oxygen atoms in total. The molecule has 2 heterocycles. The molecule has 11 heteroatoms. The molecule has 0 unspecified atom stereocenters. The molecule has 0 bridgehead atoms. The summed E-state index contributed by atoms with van der Waals surface area (Å²) in [7, 11) is 0. The number of hydrogen-bond donors (Lipinski definition) is 4. The number of rotatable bonds is 7. The minimum absolute atomic E-state index is 0. The normalized spacial score (nSPS) is 22.3. The Morgan fingerprint density at radius 1 is 1.36 bits per heavy atom. The van der Waals surface area contributed by atoms with Crippen LogP contribution in [0.3, 0.4) is 0 Å². The van der Waals surface area contributed by atoms with Crippen LogP contribution < -0.4 is 40.0 Å². The van der Waals surface area contributed by atoms with E-state index in [0.29, 0.717) is 16.1 Å². The van der Waals surface area contributed by atoms with E-state index in [1.807, 2.05) is 0 Å². The third-order valence-electron chi connectivity index (χ3n) is 5.34. The minimum Gasteiger partial charge on any atom is -0.542 e. The molecule has 1 aromatic heterocycles. The molecule has 5 atom stereocenters. The number of nitrogens with zero attached hydrogens (tertiary/aromatic N) is 2. The molecule has 1 amide bonds. The summed E-state index contributed by atoms with van der Waals surface area (Å²) in [6, 6.07) is 6.45. The molecule has 0 saturated heterocycles. The number of ether oxygens (including phenoxy) is 1. The molecule has 2 aromatic rings. The first-order chi connectivity index (χ1) is 15.6. The SMILES string of the molecule is [2H]N(C(=O)C(C)C)[C@H]1[C@H]([C@H](O)[C@H](O)CO)OC(C(=O)[O-])=C[C@@H]1n1cc2ccccc2c1C#N.[Na+]. The molecule has 1 aliphatic heterocycles. The van der Waals surface area contributed by atoms with E-state index in [2.05, 4.69) is 6.07 Å². The van der Waals surface area contributed by atoms with Crippen LogP contribution in [0.15, 0.2) is 42.3 Å². The van der Waals surface area contributed by atoms with Crippen molar-refractivity contribution < 1.29 is 65.7 Å². The Hall–Kier alpha value is -2.39. The van der Waals surface area contributed by atoms with Gasteiger partial charge in [-0.3, -0.25) is 4.79 Å². The zero-order valence-electron chi connectivity index (χ0n) is 19.5. The van der Waals surface area contributed by atoms with Crippen LogP contribution in [0.2, 0.25) is 1.41 Å². The maximum Gasteiger partial charge on any atom is 1.00 e. The van der Waals surface area contributed by atoms with Crippen LogP contribution >= 0.6 is 0 Å². The first-order valence-corrected chi connectivity index (χ1v) is 10.0. The standard InChI is InChI=1S/C22H25N3O7.Na/c1-11(2)21(29)24-18-14(25-9-12-5-3-4-6-13(12)15(25)8-23)7-17(22(30)31)32-20(18)19(28)16(27)10-26;/h3-7,9,11,14,16,18-20,26-28H,10H2,1-2H3,(H,24,29)(H,30,31);/q;+1/p-1/t14-,16+,18+,19+,20+;/m0./s1/i/hD. The van der Waals surface area contributed by atoms with Gasteiger partial charge in [-0.25, -0.2) is 0 Å². The van der Waals surface area contributed by atoms with Crippen molar-refractivity contribution in [2.45, 2.75) is 44.2 Å². The molecule has 0 spiro atoms. The number of nitriles is 1. The number of aliphatic hydroxyl groups excluding tert-OH is 3. The van der Waals surface area contributed by atoms with Crippen molar-refractivity contribution in [2.75, 3.05) is 6.61 Å². The summed E-state index contributed by atoms with van der Waals surface area (Å²) in [6.45, 7) is 2.24. The van der Waals surface area contributed by atoms with Crippen molar-refractivity contribution in [1.82, 2.24) is 9.88 Å². The zero-order valence-corrected chi connectivity index (χ0v) is 20.5. The molecule has 1 aromatic carbocycles. The Bertz CT molecular complexity index is 1130. The summed E-state index contributed by atoms with van der Waals surface area (Å²) >= 11 is 0. The predicted molar refractivity (Wildman–Crippen MR) is 110 cm³/mol. The number of aliphatic hydroxyl groups is 3. The van der Waals surface area contributed by atoms with Crippen molar-refractivity contribution >= 4 is 22.6 Å². The second-order valence-corrected chi connectivity index (χ2v) is 7.83. The Morgan fingerprint density at radius 3 is 2.61 bits per heavy atom. The molecule has 0 saturated carbocycles. The van der Waals surface area contributed by atoms with E-state index in [1.165, 1.54) is 4.57 Å². The van der Waals surface area contributed by atoms with Gasteiger partial charge in [-0.15, -0.1) is 0 Å². The van der Waals surface area contributed by atoms with Gasteiger partial charge in [-0.2, -0.15) is 5.26 Å². The molecule has 0 fully saturated rings. The monoisotopic (exact) mass is 466 g/mol. The fourth-order valence-corrected chi connectivity index (χ4v) is 3.64. The number of carboxylic acid groups (broad SMARTS) is 1. The van der Waals surface area contributed by atoms with E-state index < -0.39 is 60.6 Å². The Labute approximate surface area is 213 Å². The summed E-state index contributed by atoms with van der Waals surface area (Å²) in [4.78, 5) is 24.4. The summed E-state index contributed by atoms with van der Waals surface area (Å²) in [5.41, 5.74) is 0.137. The van der Waals surface area contributed by atoms with Crippen LogP contribution in [0.5, 0.6) is 0 Å². The van der Waals surface area contributed by atoms with Gasteiger partial charge in [0.2, 0.25) is 5.91 Å². The molecule has 0 aliphatic carbocycles. The van der Waals surface area contributed by atoms with E-state index in [0.717, 1.165) is 6.08 Å². The van der Waals surface area contributed by atoms with Gasteiger partial charge in [0.05, 0.1) is 18.7 Å². The van der Waals surface area contributed by atoms with Crippen molar-refractivity contribution in [1.29, 1.82) is 5.26 Å². The Balaban J connectivity index is 0.00000408. The van der Waals surface area contributed by atoms with Crippen molar-refractivity contribution in [3.8, 4) is 6.07 Å². The summed E-state index contributed by atoms with van der Waals surface area (Å²) in [6.07, 6.45) is -2.58. The summed E-state index contributed by atoms with van der Waals surface area (Å²) < 4.78 is 15.3. The number of aromatic nitrogens is 1. The topological polar surface area (TPSA) is 168 Å². The summed E-state index contributed by atoms with van der Waals surface area (Å²) in [5.74, 6) is -3.72. The van der Waals surface area contributed by atoms with E-state index in [-0.39, 0.29) is 35.3 Å². The molecule has 4 N–H and O–H groups in total. The van der Waals surface area contributed by atoms with E-state index in [1.54, 1.807) is 44.3 Å². The summed E-state index contributed by atoms with van der Waals surface area (Å²) in [5, 5.41) is 53.3. The maximum atomic E-state index is 12.7. The van der Waals surface area contributed by atoms with Crippen molar-refractivity contribution in [3.63, 3.8) is 0 Å². The van der Waals surface area contributed by atoms with E-state index in [4.69, 9.17) is 6.15 Å². The molecular formula is C22H24N3NaO7. The molecule has 0 radical (unpaired) electrons. The Morgan fingerprint density at radius 2 is 2.03 bits per heavy atom. The van der Waals surface area contributed by atoms with Gasteiger partial charge in [0.15, 0.2) is 1.41 Å². The number of aliphatic carboxylic acids is 1. The predicted octanol–water partition coefficient (Wildman–Crippen LogP) is -4.05. The zero-order chi connectivity index (χ0) is 24.4. The second-order valence-electron chi connectivity index (χ2n) is 7.83. The van der Waals surface area contributed by atoms with Gasteiger partial charge in [0.25, 0.3) is 0 Å². The number of hydrogen-bond acceptors (Lipinski definition) is 8. The number of carbonyl (C=O) groups excluding carboxylic acids is 2. The average Bonchev–Trinajstić information content (AvgIpc) is 3.19. The van der Waals surface area contributed by atoms with Gasteiger partial charge < -0.3 is 39.8 Å². The van der Waals surface area contributed by atoms with Crippen LogP contribution in [0, 0.1) is 17.2 Å². The third-order valence-corrected chi connectivity index (χ3v) is 5.34. The second kappa shape index (κ2) is 11.2. The smallest absolute Gasteiger partial charge is 0.542 e. The fraction of sp³-hybridized carbons (Fsp3) is 0.409. The van der Waals surface area contributed by atoms with Crippen LogP contribution in [-0.4, -0.2) is 62.7 Å². The van der Waals surface area contributed by atoms with Crippen LogP contribution in [0.1, 0.15) is 25.6 Å². The molecular weight excluding hydrogens is 441 g/mol. The van der Waals surface area contributed by atoms with Gasteiger partial charge in [0, 0.05) is 22.9 Å². The number of fused-ring (bicyclic) bond motifs is 1. The van der Waals surface area contributed by atoms with Gasteiger partial charge in [0.1, 0.15) is 41.8 Å². The van der Waals surface area contributed by atoms with E-state index >= 15 is 0 Å². The third kappa shape index (κ3) is 5.41. The molecule has 33 heavy (non-hydrogen) atoms. The number of amides is 1. The van der Waals surface area contributed by atoms with Gasteiger partial charge >= 0.3 is 29.6 Å². The van der Waals surface area contributed by atoms with Crippen LogP contribution in [0.4, 0.5) is 0 Å². The number of carboxylic acids is 1. The first-order valence-electron chi connectivity index (χ1n) is 10.5. The molecule has 1 aliphatic rings. The number of nitrogens with one attached hydrogen (secondary N) is 1.